The molecule has 1 amide bonds. The number of carbonyl (C=O) groups excluding carboxylic acids is 1. The highest BCUT2D eigenvalue weighted by Gasteiger charge is 2.22. The van der Waals surface area contributed by atoms with Gasteiger partial charge in [0.05, 0.1) is 6.61 Å². The van der Waals surface area contributed by atoms with Crippen LogP contribution in [0.25, 0.3) is 0 Å². The largest absolute Gasteiger partial charge is 0.490 e. The van der Waals surface area contributed by atoms with Gasteiger partial charge in [-0.1, -0.05) is 12.1 Å². The van der Waals surface area contributed by atoms with Crippen LogP contribution < -0.4 is 25.4 Å². The Bertz CT molecular complexity index is 667. The Morgan fingerprint density at radius 1 is 1.32 bits per heavy atom. The van der Waals surface area contributed by atoms with Gasteiger partial charge < -0.3 is 25.4 Å². The number of ether oxygens (including phenoxy) is 2. The summed E-state index contributed by atoms with van der Waals surface area (Å²) in [5, 5.41) is 9.10. The molecule has 0 aliphatic heterocycles. The van der Waals surface area contributed by atoms with E-state index in [1.54, 1.807) is 32.2 Å². The molecule has 0 radical (unpaired) electrons. The second-order valence-corrected chi connectivity index (χ2v) is 6.35. The van der Waals surface area contributed by atoms with Crippen LogP contribution in [-0.4, -0.2) is 44.7 Å². The fourth-order valence-corrected chi connectivity index (χ4v) is 2.58. The molecule has 1 aromatic carbocycles. The lowest BCUT2D eigenvalue weighted by Crippen LogP contribution is -2.37. The number of benzene rings is 1. The minimum absolute atomic E-state index is 0.0130. The molecule has 2 rings (SSSR count). The smallest absolute Gasteiger partial charge is 0.387 e. The van der Waals surface area contributed by atoms with Crippen molar-refractivity contribution in [1.82, 2.24) is 16.0 Å². The second-order valence-electron chi connectivity index (χ2n) is 6.35. The van der Waals surface area contributed by atoms with Gasteiger partial charge in [-0.15, -0.1) is 0 Å². The summed E-state index contributed by atoms with van der Waals surface area (Å²) >= 11 is 0. The predicted octanol–water partition coefficient (Wildman–Crippen LogP) is 2.41. The maximum absolute atomic E-state index is 12.8. The molecule has 0 aromatic heterocycles. The standard InChI is InChI=1S/C19H28F2N4O3/c1-3-27-15-7-4-6-13(17(15)28-18(20)21)12-24-19(22-2)23-11-5-8-16(26)25-14-9-10-14/h4,6-7,14,18H,3,5,8-12H2,1-2H3,(H,25,26)(H2,22,23,24). The average molecular weight is 398 g/mol. The summed E-state index contributed by atoms with van der Waals surface area (Å²) in [7, 11) is 1.61. The van der Waals surface area contributed by atoms with Gasteiger partial charge in [-0.3, -0.25) is 9.79 Å². The van der Waals surface area contributed by atoms with E-state index in [0.717, 1.165) is 12.8 Å². The summed E-state index contributed by atoms with van der Waals surface area (Å²) < 4.78 is 35.6. The molecule has 1 fully saturated rings. The molecule has 9 heteroatoms. The van der Waals surface area contributed by atoms with Crippen molar-refractivity contribution in [2.75, 3.05) is 20.2 Å². The SMILES string of the molecule is CCOc1cccc(CNC(=NC)NCCCC(=O)NC2CC2)c1OC(F)F. The Balaban J connectivity index is 1.82. The van der Waals surface area contributed by atoms with Crippen LogP contribution >= 0.6 is 0 Å². The van der Waals surface area contributed by atoms with Gasteiger partial charge in [0.2, 0.25) is 5.91 Å². The number of halogens is 2. The highest BCUT2D eigenvalue weighted by Crippen LogP contribution is 2.32. The first kappa shape index (κ1) is 21.7. The molecule has 28 heavy (non-hydrogen) atoms. The van der Waals surface area contributed by atoms with Gasteiger partial charge in [-0.2, -0.15) is 8.78 Å². The monoisotopic (exact) mass is 398 g/mol. The van der Waals surface area contributed by atoms with E-state index in [1.807, 2.05) is 0 Å². The second kappa shape index (κ2) is 11.3. The number of amides is 1. The van der Waals surface area contributed by atoms with Crippen LogP contribution in [-0.2, 0) is 11.3 Å². The number of alkyl halides is 2. The number of hydrogen-bond acceptors (Lipinski definition) is 4. The predicted molar refractivity (Wildman–Crippen MR) is 103 cm³/mol. The lowest BCUT2D eigenvalue weighted by atomic mass is 10.2. The molecule has 0 bridgehead atoms. The Labute approximate surface area is 163 Å². The molecular formula is C19H28F2N4O3. The first-order valence-electron chi connectivity index (χ1n) is 9.46. The molecule has 0 heterocycles. The normalized spacial score (nSPS) is 14.0. The Hall–Kier alpha value is -2.58. The summed E-state index contributed by atoms with van der Waals surface area (Å²) in [6.45, 7) is -0.0384. The lowest BCUT2D eigenvalue weighted by Gasteiger charge is -2.17. The zero-order valence-corrected chi connectivity index (χ0v) is 16.3. The molecule has 1 aromatic rings. The quantitative estimate of drug-likeness (QED) is 0.303. The molecule has 3 N–H and O–H groups in total. The molecule has 0 atom stereocenters. The van der Waals surface area contributed by atoms with Crippen LogP contribution in [0, 0.1) is 0 Å². The Morgan fingerprint density at radius 3 is 2.75 bits per heavy atom. The van der Waals surface area contributed by atoms with Crippen molar-refractivity contribution in [3.8, 4) is 11.5 Å². The van der Waals surface area contributed by atoms with E-state index in [1.165, 1.54) is 0 Å². The maximum atomic E-state index is 12.8. The lowest BCUT2D eigenvalue weighted by molar-refractivity contribution is -0.121. The first-order chi connectivity index (χ1) is 13.5. The molecule has 1 aliphatic carbocycles. The van der Waals surface area contributed by atoms with Crippen molar-refractivity contribution in [1.29, 1.82) is 0 Å². The number of rotatable bonds is 11. The van der Waals surface area contributed by atoms with Gasteiger partial charge in [0.25, 0.3) is 0 Å². The van der Waals surface area contributed by atoms with Crippen molar-refractivity contribution in [2.24, 2.45) is 4.99 Å². The average Bonchev–Trinajstić information content (AvgIpc) is 3.47. The summed E-state index contributed by atoms with van der Waals surface area (Å²) in [6.07, 6.45) is 3.26. The number of carbonyl (C=O) groups is 1. The van der Waals surface area contributed by atoms with E-state index < -0.39 is 6.61 Å². The third-order valence-electron chi connectivity index (χ3n) is 4.05. The van der Waals surface area contributed by atoms with E-state index in [9.17, 15) is 13.6 Å². The molecule has 156 valence electrons. The molecule has 1 saturated carbocycles. The molecular weight excluding hydrogens is 370 g/mol. The van der Waals surface area contributed by atoms with E-state index in [0.29, 0.717) is 43.6 Å². The molecule has 0 unspecified atom stereocenters. The van der Waals surface area contributed by atoms with Crippen LogP contribution in [0.15, 0.2) is 23.2 Å². The number of aliphatic imine (C=N–C) groups is 1. The number of guanidine groups is 1. The Morgan fingerprint density at radius 2 is 2.11 bits per heavy atom. The summed E-state index contributed by atoms with van der Waals surface area (Å²) in [5.41, 5.74) is 0.526. The highest BCUT2D eigenvalue weighted by atomic mass is 19.3. The fraction of sp³-hybridized carbons (Fsp3) is 0.579. The Kier molecular flexibility index (Phi) is 8.77. The summed E-state index contributed by atoms with van der Waals surface area (Å²) in [4.78, 5) is 15.8. The third-order valence-corrected chi connectivity index (χ3v) is 4.05. The van der Waals surface area contributed by atoms with Crippen molar-refractivity contribution in [3.05, 3.63) is 23.8 Å². The molecule has 0 saturated heterocycles. The number of para-hydroxylation sites is 1. The van der Waals surface area contributed by atoms with Crippen LogP contribution in [0.2, 0.25) is 0 Å². The molecule has 7 nitrogen and oxygen atoms in total. The maximum Gasteiger partial charge on any atom is 0.387 e. The third kappa shape index (κ3) is 7.58. The first-order valence-corrected chi connectivity index (χ1v) is 9.46. The van der Waals surface area contributed by atoms with Gasteiger partial charge in [0, 0.05) is 38.2 Å². The van der Waals surface area contributed by atoms with Crippen molar-refractivity contribution in [2.45, 2.75) is 51.8 Å². The van der Waals surface area contributed by atoms with Crippen LogP contribution in [0.4, 0.5) is 8.78 Å². The topological polar surface area (TPSA) is 84.0 Å². The molecule has 0 spiro atoms. The van der Waals surface area contributed by atoms with Gasteiger partial charge in [-0.05, 0) is 32.3 Å². The van der Waals surface area contributed by atoms with Crippen molar-refractivity contribution < 1.29 is 23.0 Å². The molecule has 1 aliphatic rings. The van der Waals surface area contributed by atoms with Crippen molar-refractivity contribution in [3.63, 3.8) is 0 Å². The van der Waals surface area contributed by atoms with E-state index in [2.05, 4.69) is 25.7 Å². The minimum atomic E-state index is -2.94. The van der Waals surface area contributed by atoms with Crippen molar-refractivity contribution >= 4 is 11.9 Å². The van der Waals surface area contributed by atoms with Gasteiger partial charge >= 0.3 is 6.61 Å². The summed E-state index contributed by atoms with van der Waals surface area (Å²) in [6, 6.07) is 5.36. The summed E-state index contributed by atoms with van der Waals surface area (Å²) in [5.74, 6) is 0.854. The minimum Gasteiger partial charge on any atom is -0.490 e. The van der Waals surface area contributed by atoms with Gasteiger partial charge in [0.15, 0.2) is 17.5 Å². The number of nitrogens with zero attached hydrogens (tertiary/aromatic N) is 1. The van der Waals surface area contributed by atoms with Gasteiger partial charge in [-0.25, -0.2) is 0 Å². The number of hydrogen-bond donors (Lipinski definition) is 3. The van der Waals surface area contributed by atoms with E-state index in [-0.39, 0.29) is 24.0 Å². The fourth-order valence-electron chi connectivity index (χ4n) is 2.58. The zero-order chi connectivity index (χ0) is 20.4. The highest BCUT2D eigenvalue weighted by molar-refractivity contribution is 5.80. The van der Waals surface area contributed by atoms with Crippen LogP contribution in [0.1, 0.15) is 38.2 Å². The van der Waals surface area contributed by atoms with E-state index in [4.69, 9.17) is 4.74 Å². The van der Waals surface area contributed by atoms with Gasteiger partial charge in [0.1, 0.15) is 0 Å². The van der Waals surface area contributed by atoms with Crippen LogP contribution in [0.3, 0.4) is 0 Å². The number of nitrogens with one attached hydrogen (secondary N) is 3. The zero-order valence-electron chi connectivity index (χ0n) is 16.3. The van der Waals surface area contributed by atoms with E-state index >= 15 is 0 Å². The van der Waals surface area contributed by atoms with Crippen LogP contribution in [0.5, 0.6) is 11.5 Å².